The lowest BCUT2D eigenvalue weighted by Crippen LogP contribution is -2.44. The molecule has 1 N–H and O–H groups in total. The van der Waals surface area contributed by atoms with Gasteiger partial charge in [-0.1, -0.05) is 24.3 Å². The number of aromatic amines is 1. The second-order valence-corrected chi connectivity index (χ2v) is 6.92. The quantitative estimate of drug-likeness (QED) is 0.687. The molecule has 5 nitrogen and oxygen atoms in total. The van der Waals surface area contributed by atoms with Crippen LogP contribution in [0.4, 0.5) is 0 Å². The number of likely N-dealkylation sites (N-methyl/N-ethyl adjacent to an activating group) is 1. The van der Waals surface area contributed by atoms with E-state index in [1.165, 1.54) is 10.9 Å². The second-order valence-electron chi connectivity index (χ2n) is 6.56. The summed E-state index contributed by atoms with van der Waals surface area (Å²) in [5.41, 5.74) is 4.44. The summed E-state index contributed by atoms with van der Waals surface area (Å²) in [6.07, 6.45) is 4.28. The maximum absolute atomic E-state index is 12.8. The summed E-state index contributed by atoms with van der Waals surface area (Å²) in [4.78, 5) is 24.3. The summed E-state index contributed by atoms with van der Waals surface area (Å²) in [7, 11) is 1.76. The maximum Gasteiger partial charge on any atom is 0.251 e. The monoisotopic (exact) mass is 348 g/mol. The number of thiocarbonyl (C=S) groups is 1. The Kier molecular flexibility index (Phi) is 3.00. The molecule has 0 bridgehead atoms. The largest absolute Gasteiger partial charge is 0.356 e. The molecular weight excluding hydrogens is 332 g/mol. The molecule has 1 fully saturated rings. The molecule has 6 heteroatoms. The molecule has 2 aliphatic heterocycles. The Balaban J connectivity index is 1.79. The zero-order valence-corrected chi connectivity index (χ0v) is 14.5. The van der Waals surface area contributed by atoms with Crippen LogP contribution < -0.4 is 0 Å². The number of nitrogens with one attached hydrogen (secondary N) is 1. The molecule has 1 saturated heterocycles. The zero-order valence-electron chi connectivity index (χ0n) is 13.6. The van der Waals surface area contributed by atoms with E-state index in [9.17, 15) is 4.79 Å². The molecule has 4 heterocycles. The first-order valence-corrected chi connectivity index (χ1v) is 8.67. The number of pyridine rings is 1. The molecular formula is C19H16N4OS. The van der Waals surface area contributed by atoms with E-state index < -0.39 is 0 Å². The molecule has 3 aromatic rings. The number of para-hydroxylation sites is 1. The van der Waals surface area contributed by atoms with Crippen molar-refractivity contribution in [3.63, 3.8) is 0 Å². The third kappa shape index (κ3) is 1.91. The van der Waals surface area contributed by atoms with E-state index in [-0.39, 0.29) is 18.0 Å². The lowest BCUT2D eigenvalue weighted by Gasteiger charge is -2.37. The molecule has 2 aromatic heterocycles. The van der Waals surface area contributed by atoms with Crippen LogP contribution in [0.5, 0.6) is 0 Å². The average molecular weight is 348 g/mol. The van der Waals surface area contributed by atoms with Crippen molar-refractivity contribution in [3.8, 4) is 0 Å². The predicted molar refractivity (Wildman–Crippen MR) is 99.1 cm³/mol. The molecule has 1 aromatic carbocycles. The van der Waals surface area contributed by atoms with Gasteiger partial charge in [0.1, 0.15) is 6.04 Å². The van der Waals surface area contributed by atoms with E-state index in [2.05, 4.69) is 27.0 Å². The number of rotatable bonds is 1. The third-order valence-electron chi connectivity index (χ3n) is 5.26. The average Bonchev–Trinajstić information content (AvgIpc) is 3.12. The van der Waals surface area contributed by atoms with Crippen LogP contribution in [0.2, 0.25) is 0 Å². The number of nitrogens with zero attached hydrogens (tertiary/aromatic N) is 3. The van der Waals surface area contributed by atoms with Crippen molar-refractivity contribution >= 4 is 34.1 Å². The lowest BCUT2D eigenvalue weighted by molar-refractivity contribution is -0.127. The fourth-order valence-electron chi connectivity index (χ4n) is 4.09. The molecule has 25 heavy (non-hydrogen) atoms. The number of amides is 1. The van der Waals surface area contributed by atoms with Crippen LogP contribution >= 0.6 is 12.2 Å². The topological polar surface area (TPSA) is 52.2 Å². The van der Waals surface area contributed by atoms with Crippen molar-refractivity contribution in [1.82, 2.24) is 19.8 Å². The highest BCUT2D eigenvalue weighted by atomic mass is 32.1. The van der Waals surface area contributed by atoms with E-state index in [1.54, 1.807) is 18.1 Å². The van der Waals surface area contributed by atoms with Crippen molar-refractivity contribution < 1.29 is 4.79 Å². The number of hydrogen-bond acceptors (Lipinski definition) is 3. The van der Waals surface area contributed by atoms with Crippen molar-refractivity contribution in [2.24, 2.45) is 0 Å². The van der Waals surface area contributed by atoms with E-state index in [0.717, 1.165) is 16.8 Å². The van der Waals surface area contributed by atoms with E-state index in [1.807, 2.05) is 30.5 Å². The van der Waals surface area contributed by atoms with Gasteiger partial charge in [-0.3, -0.25) is 14.7 Å². The molecule has 124 valence electrons. The van der Waals surface area contributed by atoms with Crippen molar-refractivity contribution in [3.05, 3.63) is 65.6 Å². The Morgan fingerprint density at radius 3 is 2.88 bits per heavy atom. The van der Waals surface area contributed by atoms with Crippen molar-refractivity contribution in [2.45, 2.75) is 18.5 Å². The van der Waals surface area contributed by atoms with Gasteiger partial charge in [0.15, 0.2) is 5.11 Å². The predicted octanol–water partition coefficient (Wildman–Crippen LogP) is 2.64. The van der Waals surface area contributed by atoms with Gasteiger partial charge in [-0.05, 0) is 35.5 Å². The van der Waals surface area contributed by atoms with Gasteiger partial charge in [-0.25, -0.2) is 0 Å². The first-order chi connectivity index (χ1) is 12.2. The van der Waals surface area contributed by atoms with Gasteiger partial charge in [0, 0.05) is 42.5 Å². The first kappa shape index (κ1) is 14.6. The standard InChI is InChI=1S/C19H16N4OS/c1-22-18(24)15-9-13-12-6-2-3-7-14(12)21-16(13)17(23(15)19(22)25)11-5-4-8-20-10-11/h2-8,10,15,17,21H,9H2,1H3. The van der Waals surface area contributed by atoms with Crippen molar-refractivity contribution in [2.75, 3.05) is 7.05 Å². The minimum atomic E-state index is -0.255. The highest BCUT2D eigenvalue weighted by Gasteiger charge is 2.49. The Morgan fingerprint density at radius 2 is 2.08 bits per heavy atom. The Bertz CT molecular complexity index is 1010. The van der Waals surface area contributed by atoms with E-state index >= 15 is 0 Å². The van der Waals surface area contributed by atoms with Crippen LogP contribution in [0.15, 0.2) is 48.8 Å². The van der Waals surface area contributed by atoms with Gasteiger partial charge in [-0.15, -0.1) is 0 Å². The SMILES string of the molecule is CN1C(=O)C2Cc3c([nH]c4ccccc34)C(c3cccnc3)N2C1=S. The highest BCUT2D eigenvalue weighted by molar-refractivity contribution is 7.80. The molecule has 0 saturated carbocycles. The van der Waals surface area contributed by atoms with Crippen LogP contribution in [0.3, 0.4) is 0 Å². The fraction of sp³-hybridized carbons (Fsp3) is 0.211. The minimum absolute atomic E-state index is 0.0646. The smallest absolute Gasteiger partial charge is 0.251 e. The molecule has 5 rings (SSSR count). The molecule has 2 unspecified atom stereocenters. The van der Waals surface area contributed by atoms with Crippen LogP contribution in [0, 0.1) is 0 Å². The number of hydrogen-bond donors (Lipinski definition) is 1. The van der Waals surface area contributed by atoms with Crippen molar-refractivity contribution in [1.29, 1.82) is 0 Å². The van der Waals surface area contributed by atoms with Gasteiger partial charge in [0.2, 0.25) is 0 Å². The normalized spacial score (nSPS) is 22.4. The third-order valence-corrected chi connectivity index (χ3v) is 5.74. The van der Waals surface area contributed by atoms with E-state index in [4.69, 9.17) is 12.2 Å². The summed E-state index contributed by atoms with van der Waals surface area (Å²) in [5, 5.41) is 1.76. The summed E-state index contributed by atoms with van der Waals surface area (Å²) in [6.45, 7) is 0. The number of carbonyl (C=O) groups is 1. The second kappa shape index (κ2) is 5.13. The molecule has 0 spiro atoms. The Labute approximate surface area is 150 Å². The summed E-state index contributed by atoms with van der Waals surface area (Å²) >= 11 is 5.60. The lowest BCUT2D eigenvalue weighted by atomic mass is 9.89. The number of benzene rings is 1. The van der Waals surface area contributed by atoms with Crippen LogP contribution in [0.1, 0.15) is 22.9 Å². The number of carbonyl (C=O) groups excluding carboxylic acids is 1. The molecule has 1 amide bonds. The van der Waals surface area contributed by atoms with Gasteiger partial charge in [0.25, 0.3) is 5.91 Å². The van der Waals surface area contributed by atoms with Crippen LogP contribution in [0.25, 0.3) is 10.9 Å². The molecule has 0 radical (unpaired) electrons. The maximum atomic E-state index is 12.8. The molecule has 0 aliphatic carbocycles. The summed E-state index contributed by atoms with van der Waals surface area (Å²) in [6, 6.07) is 11.8. The van der Waals surface area contributed by atoms with Gasteiger partial charge >= 0.3 is 0 Å². The highest BCUT2D eigenvalue weighted by Crippen LogP contribution is 2.43. The van der Waals surface area contributed by atoms with Gasteiger partial charge in [-0.2, -0.15) is 0 Å². The summed E-state index contributed by atoms with van der Waals surface area (Å²) in [5.74, 6) is 0.0646. The van der Waals surface area contributed by atoms with Gasteiger partial charge < -0.3 is 9.88 Å². The van der Waals surface area contributed by atoms with Gasteiger partial charge in [0.05, 0.1) is 6.04 Å². The van der Waals surface area contributed by atoms with E-state index in [0.29, 0.717) is 11.5 Å². The first-order valence-electron chi connectivity index (χ1n) is 8.26. The summed E-state index contributed by atoms with van der Waals surface area (Å²) < 4.78 is 0. The van der Waals surface area contributed by atoms with Crippen LogP contribution in [-0.4, -0.2) is 43.9 Å². The molecule has 2 atom stereocenters. The molecule has 2 aliphatic rings. The number of aromatic nitrogens is 2. The fourth-order valence-corrected chi connectivity index (χ4v) is 4.41. The zero-order chi connectivity index (χ0) is 17.1. The Hall–Kier alpha value is -2.73. The van der Waals surface area contributed by atoms with Crippen LogP contribution in [-0.2, 0) is 11.2 Å². The number of H-pyrrole nitrogens is 1. The number of fused-ring (bicyclic) bond motifs is 4. The Morgan fingerprint density at radius 1 is 1.24 bits per heavy atom. The minimum Gasteiger partial charge on any atom is -0.356 e.